The molecule has 0 bridgehead atoms. The van der Waals surface area contributed by atoms with E-state index in [9.17, 15) is 4.79 Å². The van der Waals surface area contributed by atoms with Gasteiger partial charge in [0.25, 0.3) is 0 Å². The van der Waals surface area contributed by atoms with E-state index in [1.54, 1.807) is 31.2 Å². The lowest BCUT2D eigenvalue weighted by Crippen LogP contribution is -2.44. The molecule has 1 aliphatic heterocycles. The Kier molecular flexibility index (Phi) is 7.26. The fourth-order valence-corrected chi connectivity index (χ4v) is 3.56. The first-order valence-electron chi connectivity index (χ1n) is 10.9. The molecule has 2 heterocycles. The monoisotopic (exact) mass is 466 g/mol. The number of hydrogen-bond acceptors (Lipinski definition) is 7. The fraction of sp³-hybridized carbons (Fsp3) is 0.292. The molecule has 1 aliphatic rings. The molecule has 8 nitrogen and oxygen atoms in total. The average Bonchev–Trinajstić information content (AvgIpc) is 2.82. The molecule has 1 fully saturated rings. The number of benzene rings is 2. The number of nitrogens with one attached hydrogen (secondary N) is 2. The van der Waals surface area contributed by atoms with Crippen LogP contribution in [-0.4, -0.2) is 54.0 Å². The standard InChI is InChI=1S/C24H27ClN6O2/c1-3-22(32)27-18-5-4-6-20(15-18)33-23-21(25)16-26-24(29-23)28-17-7-9-19(10-8-17)31-13-11-30(2)12-14-31/h4-10,15-16H,3,11-14H2,1-2H3,(H,27,32)(H,26,28,29). The first-order valence-corrected chi connectivity index (χ1v) is 11.3. The summed E-state index contributed by atoms with van der Waals surface area (Å²) in [5.41, 5.74) is 2.71. The second-order valence-electron chi connectivity index (χ2n) is 7.84. The van der Waals surface area contributed by atoms with Crippen molar-refractivity contribution < 1.29 is 9.53 Å². The van der Waals surface area contributed by atoms with E-state index in [-0.39, 0.29) is 16.8 Å². The van der Waals surface area contributed by atoms with Gasteiger partial charge in [0.2, 0.25) is 17.7 Å². The highest BCUT2D eigenvalue weighted by Crippen LogP contribution is 2.30. The van der Waals surface area contributed by atoms with E-state index >= 15 is 0 Å². The second-order valence-corrected chi connectivity index (χ2v) is 8.25. The maximum Gasteiger partial charge on any atom is 0.243 e. The Hall–Kier alpha value is -3.36. The zero-order valence-corrected chi connectivity index (χ0v) is 19.5. The van der Waals surface area contributed by atoms with E-state index < -0.39 is 0 Å². The quantitative estimate of drug-likeness (QED) is 0.519. The molecule has 1 saturated heterocycles. The smallest absolute Gasteiger partial charge is 0.243 e. The molecule has 0 radical (unpaired) electrons. The van der Waals surface area contributed by atoms with Crippen molar-refractivity contribution in [2.75, 3.05) is 48.8 Å². The summed E-state index contributed by atoms with van der Waals surface area (Å²) in [6, 6.07) is 15.3. The topological polar surface area (TPSA) is 82.6 Å². The van der Waals surface area contributed by atoms with Crippen molar-refractivity contribution in [3.8, 4) is 11.6 Å². The van der Waals surface area contributed by atoms with E-state index in [1.807, 2.05) is 12.1 Å². The van der Waals surface area contributed by atoms with Crippen LogP contribution in [0.25, 0.3) is 0 Å². The van der Waals surface area contributed by atoms with Crippen molar-refractivity contribution >= 4 is 40.5 Å². The number of likely N-dealkylation sites (N-methyl/N-ethyl adjacent to an activating group) is 1. The number of amides is 1. The minimum absolute atomic E-state index is 0.0719. The number of carbonyl (C=O) groups excluding carboxylic acids is 1. The van der Waals surface area contributed by atoms with Crippen LogP contribution < -0.4 is 20.3 Å². The Morgan fingerprint density at radius 2 is 1.85 bits per heavy atom. The van der Waals surface area contributed by atoms with Gasteiger partial charge in [-0.15, -0.1) is 0 Å². The lowest BCUT2D eigenvalue weighted by molar-refractivity contribution is -0.115. The predicted molar refractivity (Wildman–Crippen MR) is 132 cm³/mol. The molecule has 9 heteroatoms. The number of piperazine rings is 1. The van der Waals surface area contributed by atoms with Gasteiger partial charge in [-0.1, -0.05) is 24.6 Å². The Morgan fingerprint density at radius 1 is 1.09 bits per heavy atom. The number of aromatic nitrogens is 2. The van der Waals surface area contributed by atoms with E-state index in [0.29, 0.717) is 23.8 Å². The van der Waals surface area contributed by atoms with Crippen LogP contribution in [0.15, 0.2) is 54.7 Å². The van der Waals surface area contributed by atoms with Gasteiger partial charge in [0.15, 0.2) is 0 Å². The summed E-state index contributed by atoms with van der Waals surface area (Å²) in [6.07, 6.45) is 1.89. The zero-order chi connectivity index (χ0) is 23.2. The Balaban J connectivity index is 1.43. The van der Waals surface area contributed by atoms with Gasteiger partial charge in [-0.2, -0.15) is 4.98 Å². The third-order valence-corrected chi connectivity index (χ3v) is 5.62. The minimum Gasteiger partial charge on any atom is -0.437 e. The first-order chi connectivity index (χ1) is 16.0. The number of nitrogens with zero attached hydrogens (tertiary/aromatic N) is 4. The summed E-state index contributed by atoms with van der Waals surface area (Å²) in [7, 11) is 2.15. The molecule has 0 saturated carbocycles. The summed E-state index contributed by atoms with van der Waals surface area (Å²) in [5, 5.41) is 6.28. The molecular weight excluding hydrogens is 440 g/mol. The fourth-order valence-electron chi connectivity index (χ4n) is 3.43. The molecule has 0 atom stereocenters. The van der Waals surface area contributed by atoms with Crippen molar-refractivity contribution in [1.29, 1.82) is 0 Å². The highest BCUT2D eigenvalue weighted by molar-refractivity contribution is 6.31. The van der Waals surface area contributed by atoms with Gasteiger partial charge in [0.1, 0.15) is 10.8 Å². The van der Waals surface area contributed by atoms with E-state index in [4.69, 9.17) is 16.3 Å². The molecule has 4 rings (SSSR count). The normalized spacial score (nSPS) is 14.1. The molecule has 2 aromatic carbocycles. The maximum absolute atomic E-state index is 11.6. The van der Waals surface area contributed by atoms with Crippen molar-refractivity contribution in [2.24, 2.45) is 0 Å². The van der Waals surface area contributed by atoms with Crippen molar-refractivity contribution in [2.45, 2.75) is 13.3 Å². The van der Waals surface area contributed by atoms with Crippen LogP contribution in [0.3, 0.4) is 0 Å². The Morgan fingerprint density at radius 3 is 2.58 bits per heavy atom. The predicted octanol–water partition coefficient (Wildman–Crippen LogP) is 4.77. The Labute approximate surface area is 198 Å². The molecular formula is C24H27ClN6O2. The van der Waals surface area contributed by atoms with Crippen molar-refractivity contribution in [1.82, 2.24) is 14.9 Å². The lowest BCUT2D eigenvalue weighted by atomic mass is 10.2. The van der Waals surface area contributed by atoms with Crippen LogP contribution in [0.2, 0.25) is 5.02 Å². The SMILES string of the molecule is CCC(=O)Nc1cccc(Oc2nc(Nc3ccc(N4CCN(C)CC4)cc3)ncc2Cl)c1. The van der Waals surface area contributed by atoms with Crippen LogP contribution in [0.5, 0.6) is 11.6 Å². The maximum atomic E-state index is 11.6. The molecule has 0 spiro atoms. The molecule has 172 valence electrons. The Bertz CT molecular complexity index is 1100. The average molecular weight is 467 g/mol. The first kappa shape index (κ1) is 22.8. The largest absolute Gasteiger partial charge is 0.437 e. The highest BCUT2D eigenvalue weighted by atomic mass is 35.5. The number of hydrogen-bond donors (Lipinski definition) is 2. The third kappa shape index (κ3) is 6.12. The summed E-state index contributed by atoms with van der Waals surface area (Å²) in [5.74, 6) is 1.03. The lowest BCUT2D eigenvalue weighted by Gasteiger charge is -2.34. The number of rotatable bonds is 7. The second kappa shape index (κ2) is 10.5. The van der Waals surface area contributed by atoms with Gasteiger partial charge < -0.3 is 25.2 Å². The molecule has 1 amide bonds. The summed E-state index contributed by atoms with van der Waals surface area (Å²) >= 11 is 6.26. The number of anilines is 4. The molecule has 0 aliphatic carbocycles. The molecule has 1 aromatic heterocycles. The van der Waals surface area contributed by atoms with E-state index in [0.717, 1.165) is 31.9 Å². The summed E-state index contributed by atoms with van der Waals surface area (Å²) in [6.45, 7) is 5.97. The molecule has 0 unspecified atom stereocenters. The van der Waals surface area contributed by atoms with Gasteiger partial charge >= 0.3 is 0 Å². The van der Waals surface area contributed by atoms with Crippen LogP contribution in [0, 0.1) is 0 Å². The van der Waals surface area contributed by atoms with Gasteiger partial charge in [0, 0.05) is 55.7 Å². The van der Waals surface area contributed by atoms with Crippen molar-refractivity contribution in [3.63, 3.8) is 0 Å². The number of carbonyl (C=O) groups is 1. The summed E-state index contributed by atoms with van der Waals surface area (Å²) < 4.78 is 5.87. The van der Waals surface area contributed by atoms with E-state index in [1.165, 1.54) is 11.9 Å². The number of halogens is 1. The number of ether oxygens (including phenoxy) is 1. The van der Waals surface area contributed by atoms with Crippen molar-refractivity contribution in [3.05, 3.63) is 59.8 Å². The van der Waals surface area contributed by atoms with Crippen LogP contribution >= 0.6 is 11.6 Å². The third-order valence-electron chi connectivity index (χ3n) is 5.36. The van der Waals surface area contributed by atoms with Gasteiger partial charge in [-0.05, 0) is 43.4 Å². The highest BCUT2D eigenvalue weighted by Gasteiger charge is 2.14. The van der Waals surface area contributed by atoms with Crippen LogP contribution in [0.1, 0.15) is 13.3 Å². The molecule has 2 N–H and O–H groups in total. The van der Waals surface area contributed by atoms with Gasteiger partial charge in [0.05, 0.1) is 6.20 Å². The summed E-state index contributed by atoms with van der Waals surface area (Å²) in [4.78, 5) is 25.0. The van der Waals surface area contributed by atoms with E-state index in [2.05, 4.69) is 49.6 Å². The van der Waals surface area contributed by atoms with Crippen LogP contribution in [0.4, 0.5) is 23.0 Å². The molecule has 3 aromatic rings. The zero-order valence-electron chi connectivity index (χ0n) is 18.7. The van der Waals surface area contributed by atoms with Crippen LogP contribution in [-0.2, 0) is 4.79 Å². The molecule has 33 heavy (non-hydrogen) atoms. The van der Waals surface area contributed by atoms with Gasteiger partial charge in [-0.25, -0.2) is 4.98 Å². The minimum atomic E-state index is -0.0719. The van der Waals surface area contributed by atoms with Gasteiger partial charge in [-0.3, -0.25) is 4.79 Å².